The van der Waals surface area contributed by atoms with Crippen molar-refractivity contribution in [2.24, 2.45) is 0 Å². The SMILES string of the molecule is COc1ccc(OCCCOc2ccc(C=O)cc2OC)cc1. The van der Waals surface area contributed by atoms with Gasteiger partial charge in [0.2, 0.25) is 0 Å². The lowest BCUT2D eigenvalue weighted by Gasteiger charge is -2.11. The zero-order valence-corrected chi connectivity index (χ0v) is 13.3. The van der Waals surface area contributed by atoms with Crippen LogP contribution in [0.3, 0.4) is 0 Å². The van der Waals surface area contributed by atoms with Crippen molar-refractivity contribution in [2.75, 3.05) is 27.4 Å². The first-order valence-electron chi connectivity index (χ1n) is 7.29. The second kappa shape index (κ2) is 8.68. The van der Waals surface area contributed by atoms with Crippen molar-refractivity contribution in [1.29, 1.82) is 0 Å². The molecule has 0 spiro atoms. The van der Waals surface area contributed by atoms with Crippen LogP contribution in [0.1, 0.15) is 16.8 Å². The number of rotatable bonds is 9. The van der Waals surface area contributed by atoms with E-state index in [9.17, 15) is 4.79 Å². The summed E-state index contributed by atoms with van der Waals surface area (Å²) >= 11 is 0. The van der Waals surface area contributed by atoms with Crippen molar-refractivity contribution in [3.63, 3.8) is 0 Å². The molecule has 5 heteroatoms. The maximum Gasteiger partial charge on any atom is 0.161 e. The van der Waals surface area contributed by atoms with E-state index in [0.29, 0.717) is 30.3 Å². The van der Waals surface area contributed by atoms with E-state index in [2.05, 4.69) is 0 Å². The van der Waals surface area contributed by atoms with Crippen molar-refractivity contribution in [3.8, 4) is 23.0 Å². The molecule has 122 valence electrons. The summed E-state index contributed by atoms with van der Waals surface area (Å²) in [6.45, 7) is 1.04. The molecule has 0 aliphatic heterocycles. The maximum atomic E-state index is 10.7. The number of methoxy groups -OCH3 is 2. The van der Waals surface area contributed by atoms with Gasteiger partial charge in [-0.2, -0.15) is 0 Å². The molecule has 2 aromatic rings. The molecule has 0 aromatic heterocycles. The highest BCUT2D eigenvalue weighted by Gasteiger charge is 2.05. The van der Waals surface area contributed by atoms with Gasteiger partial charge >= 0.3 is 0 Å². The first-order valence-corrected chi connectivity index (χ1v) is 7.29. The third-order valence-electron chi connectivity index (χ3n) is 3.20. The van der Waals surface area contributed by atoms with E-state index in [1.165, 1.54) is 0 Å². The van der Waals surface area contributed by atoms with Gasteiger partial charge < -0.3 is 18.9 Å². The molecule has 0 unspecified atom stereocenters. The molecule has 0 fully saturated rings. The topological polar surface area (TPSA) is 54.0 Å². The summed E-state index contributed by atoms with van der Waals surface area (Å²) in [5, 5.41) is 0. The van der Waals surface area contributed by atoms with Gasteiger partial charge in [-0.15, -0.1) is 0 Å². The highest BCUT2D eigenvalue weighted by molar-refractivity contribution is 5.76. The highest BCUT2D eigenvalue weighted by atomic mass is 16.5. The fraction of sp³-hybridized carbons (Fsp3) is 0.278. The van der Waals surface area contributed by atoms with Crippen LogP contribution < -0.4 is 18.9 Å². The monoisotopic (exact) mass is 316 g/mol. The molecule has 0 aliphatic carbocycles. The second-order valence-electron chi connectivity index (χ2n) is 4.75. The number of carbonyl (C=O) groups is 1. The molecule has 0 atom stereocenters. The Morgan fingerprint density at radius 2 is 1.52 bits per heavy atom. The van der Waals surface area contributed by atoms with Crippen LogP contribution >= 0.6 is 0 Å². The summed E-state index contributed by atoms with van der Waals surface area (Å²) in [6.07, 6.45) is 1.50. The van der Waals surface area contributed by atoms with Gasteiger partial charge in [-0.25, -0.2) is 0 Å². The van der Waals surface area contributed by atoms with Gasteiger partial charge in [0, 0.05) is 12.0 Å². The Labute approximate surface area is 135 Å². The van der Waals surface area contributed by atoms with Crippen LogP contribution in [0.2, 0.25) is 0 Å². The highest BCUT2D eigenvalue weighted by Crippen LogP contribution is 2.27. The molecule has 2 rings (SSSR count). The Morgan fingerprint density at radius 3 is 2.17 bits per heavy atom. The zero-order valence-electron chi connectivity index (χ0n) is 13.3. The van der Waals surface area contributed by atoms with Crippen LogP contribution in [-0.4, -0.2) is 33.7 Å². The van der Waals surface area contributed by atoms with Gasteiger partial charge in [-0.1, -0.05) is 0 Å². The average molecular weight is 316 g/mol. The summed E-state index contributed by atoms with van der Waals surface area (Å²) in [4.78, 5) is 10.7. The van der Waals surface area contributed by atoms with Gasteiger partial charge in [0.05, 0.1) is 27.4 Å². The lowest BCUT2D eigenvalue weighted by molar-refractivity contribution is 0.112. The lowest BCUT2D eigenvalue weighted by atomic mass is 10.2. The summed E-state index contributed by atoms with van der Waals surface area (Å²) < 4.78 is 21.6. The van der Waals surface area contributed by atoms with E-state index in [4.69, 9.17) is 18.9 Å². The molecule has 0 amide bonds. The summed E-state index contributed by atoms with van der Waals surface area (Å²) in [7, 11) is 3.17. The number of ether oxygens (including phenoxy) is 4. The van der Waals surface area contributed by atoms with E-state index in [-0.39, 0.29) is 0 Å². The molecule has 0 N–H and O–H groups in total. The van der Waals surface area contributed by atoms with E-state index in [1.807, 2.05) is 24.3 Å². The fourth-order valence-corrected chi connectivity index (χ4v) is 1.98. The van der Waals surface area contributed by atoms with E-state index < -0.39 is 0 Å². The number of hydrogen-bond acceptors (Lipinski definition) is 5. The van der Waals surface area contributed by atoms with Crippen LogP contribution in [0.25, 0.3) is 0 Å². The van der Waals surface area contributed by atoms with E-state index >= 15 is 0 Å². The van der Waals surface area contributed by atoms with Gasteiger partial charge in [-0.05, 0) is 42.5 Å². The first kappa shape index (κ1) is 16.7. The van der Waals surface area contributed by atoms with Crippen LogP contribution in [0.5, 0.6) is 23.0 Å². The summed E-state index contributed by atoms with van der Waals surface area (Å²) in [6, 6.07) is 12.5. The average Bonchev–Trinajstić information content (AvgIpc) is 2.62. The minimum absolute atomic E-state index is 0.493. The predicted octanol–water partition coefficient (Wildman–Crippen LogP) is 3.36. The number of benzene rings is 2. The van der Waals surface area contributed by atoms with Crippen molar-refractivity contribution in [3.05, 3.63) is 48.0 Å². The molecule has 0 heterocycles. The second-order valence-corrected chi connectivity index (χ2v) is 4.75. The van der Waals surface area contributed by atoms with Crippen molar-refractivity contribution < 1.29 is 23.7 Å². The number of carbonyl (C=O) groups excluding carboxylic acids is 1. The molecule has 0 radical (unpaired) electrons. The third-order valence-corrected chi connectivity index (χ3v) is 3.20. The Balaban J connectivity index is 1.75. The van der Waals surface area contributed by atoms with Gasteiger partial charge in [-0.3, -0.25) is 4.79 Å². The van der Waals surface area contributed by atoms with Crippen molar-refractivity contribution >= 4 is 6.29 Å². The maximum absolute atomic E-state index is 10.7. The lowest BCUT2D eigenvalue weighted by Crippen LogP contribution is -2.05. The summed E-state index contributed by atoms with van der Waals surface area (Å²) in [5.41, 5.74) is 0.553. The van der Waals surface area contributed by atoms with Crippen LogP contribution in [0, 0.1) is 0 Å². The summed E-state index contributed by atoms with van der Waals surface area (Å²) in [5.74, 6) is 2.75. The molecular weight excluding hydrogens is 296 g/mol. The predicted molar refractivity (Wildman–Crippen MR) is 87.0 cm³/mol. The number of aldehydes is 1. The Hall–Kier alpha value is -2.69. The molecule has 0 aliphatic rings. The minimum atomic E-state index is 0.493. The molecule has 5 nitrogen and oxygen atoms in total. The first-order chi connectivity index (χ1) is 11.3. The standard InChI is InChI=1S/C18H20O5/c1-20-15-5-7-16(8-6-15)22-10-3-11-23-17-9-4-14(13-19)12-18(17)21-2/h4-9,12-13H,3,10-11H2,1-2H3. The molecule has 0 saturated carbocycles. The molecule has 2 aromatic carbocycles. The van der Waals surface area contributed by atoms with Crippen LogP contribution in [0.15, 0.2) is 42.5 Å². The molecular formula is C18H20O5. The third kappa shape index (κ3) is 4.92. The quantitative estimate of drug-likeness (QED) is 0.524. The van der Waals surface area contributed by atoms with Gasteiger partial charge in [0.1, 0.15) is 17.8 Å². The van der Waals surface area contributed by atoms with E-state index in [1.54, 1.807) is 32.4 Å². The number of hydrogen-bond donors (Lipinski definition) is 0. The normalized spacial score (nSPS) is 10.0. The Morgan fingerprint density at radius 1 is 0.826 bits per heavy atom. The zero-order chi connectivity index (χ0) is 16.5. The largest absolute Gasteiger partial charge is 0.497 e. The molecule has 0 bridgehead atoms. The molecule has 23 heavy (non-hydrogen) atoms. The van der Waals surface area contributed by atoms with Crippen LogP contribution in [-0.2, 0) is 0 Å². The smallest absolute Gasteiger partial charge is 0.161 e. The fourth-order valence-electron chi connectivity index (χ4n) is 1.98. The Kier molecular flexibility index (Phi) is 6.29. The van der Waals surface area contributed by atoms with Gasteiger partial charge in [0.15, 0.2) is 11.5 Å². The van der Waals surface area contributed by atoms with Gasteiger partial charge in [0.25, 0.3) is 0 Å². The minimum Gasteiger partial charge on any atom is -0.497 e. The molecule has 0 saturated heterocycles. The van der Waals surface area contributed by atoms with Crippen LogP contribution in [0.4, 0.5) is 0 Å². The van der Waals surface area contributed by atoms with Crippen molar-refractivity contribution in [1.82, 2.24) is 0 Å². The van der Waals surface area contributed by atoms with E-state index in [0.717, 1.165) is 24.2 Å². The van der Waals surface area contributed by atoms with Crippen molar-refractivity contribution in [2.45, 2.75) is 6.42 Å². The Bertz CT molecular complexity index is 622.